The van der Waals surface area contributed by atoms with Crippen LogP contribution in [0.25, 0.3) is 0 Å². The smallest absolute Gasteiger partial charge is 0.325 e. The molecule has 0 aliphatic carbocycles. The van der Waals surface area contributed by atoms with Gasteiger partial charge >= 0.3 is 6.03 Å². The summed E-state index contributed by atoms with van der Waals surface area (Å²) in [6.45, 7) is 6.33. The fourth-order valence-corrected chi connectivity index (χ4v) is 4.85. The second kappa shape index (κ2) is 10.7. The Hall–Kier alpha value is -3.43. The lowest BCUT2D eigenvalue weighted by atomic mass is 10.1. The van der Waals surface area contributed by atoms with Gasteiger partial charge in [-0.2, -0.15) is 0 Å². The minimum Gasteiger partial charge on any atom is -0.497 e. The van der Waals surface area contributed by atoms with E-state index in [0.29, 0.717) is 16.4 Å². The molecule has 8 nitrogen and oxygen atoms in total. The van der Waals surface area contributed by atoms with Crippen LogP contribution >= 0.6 is 11.3 Å². The van der Waals surface area contributed by atoms with Crippen LogP contribution in [0.5, 0.6) is 5.75 Å². The summed E-state index contributed by atoms with van der Waals surface area (Å²) in [6.07, 6.45) is 0.837. The fraction of sp³-hybridized carbons (Fsp3) is 0.320. The summed E-state index contributed by atoms with van der Waals surface area (Å²) in [6, 6.07) is 14.6. The monoisotopic (exact) mass is 479 g/mol. The first kappa shape index (κ1) is 23.7. The highest BCUT2D eigenvalue weighted by Crippen LogP contribution is 2.29. The summed E-state index contributed by atoms with van der Waals surface area (Å²) in [5.74, 6) is 0.622. The van der Waals surface area contributed by atoms with Crippen LogP contribution in [-0.2, 0) is 19.5 Å². The summed E-state index contributed by atoms with van der Waals surface area (Å²) >= 11 is 1.49. The van der Waals surface area contributed by atoms with E-state index in [1.165, 1.54) is 16.9 Å². The number of para-hydroxylation sites is 1. The van der Waals surface area contributed by atoms with Gasteiger partial charge in [0.1, 0.15) is 5.75 Å². The zero-order valence-corrected chi connectivity index (χ0v) is 20.4. The Kier molecular flexibility index (Phi) is 7.44. The van der Waals surface area contributed by atoms with Crippen molar-refractivity contribution < 1.29 is 14.3 Å². The number of nitrogens with zero attached hydrogens (tertiary/aromatic N) is 2. The highest BCUT2D eigenvalue weighted by Gasteiger charge is 2.22. The van der Waals surface area contributed by atoms with Gasteiger partial charge in [0.2, 0.25) is 0 Å². The molecule has 0 spiro atoms. The molecule has 2 aromatic carbocycles. The number of aromatic nitrogens is 1. The fourth-order valence-electron chi connectivity index (χ4n) is 3.81. The molecule has 0 unspecified atom stereocenters. The van der Waals surface area contributed by atoms with Crippen molar-refractivity contribution in [2.45, 2.75) is 39.4 Å². The number of anilines is 2. The van der Waals surface area contributed by atoms with Gasteiger partial charge in [-0.25, -0.2) is 9.78 Å². The third kappa shape index (κ3) is 5.92. The molecule has 0 atom stereocenters. The number of methoxy groups -OCH3 is 1. The molecule has 3 aromatic rings. The molecule has 0 radical (unpaired) electrons. The standard InChI is InChI=1S/C25H29N5O3S/c1-16(2)26-23(31)19-6-4-5-7-20(19)27-24(32)29-25-28-21-12-13-30(15-22(21)34-25)14-17-8-10-18(33-3)11-9-17/h4-11,16H,12-15H2,1-3H3,(H,26,31)(H2,27,28,29,32). The van der Waals surface area contributed by atoms with Crippen LogP contribution in [-0.4, -0.2) is 41.5 Å². The zero-order valence-electron chi connectivity index (χ0n) is 19.6. The summed E-state index contributed by atoms with van der Waals surface area (Å²) < 4.78 is 5.23. The lowest BCUT2D eigenvalue weighted by molar-refractivity contribution is 0.0944. The van der Waals surface area contributed by atoms with E-state index in [9.17, 15) is 9.59 Å². The molecule has 0 saturated carbocycles. The van der Waals surface area contributed by atoms with E-state index in [-0.39, 0.29) is 11.9 Å². The Labute approximate surface area is 203 Å². The lowest BCUT2D eigenvalue weighted by Crippen LogP contribution is -2.31. The molecule has 2 heterocycles. The highest BCUT2D eigenvalue weighted by atomic mass is 32.1. The van der Waals surface area contributed by atoms with E-state index in [0.717, 1.165) is 42.4 Å². The normalized spacial score (nSPS) is 13.3. The Balaban J connectivity index is 1.37. The summed E-state index contributed by atoms with van der Waals surface area (Å²) in [4.78, 5) is 33.2. The summed E-state index contributed by atoms with van der Waals surface area (Å²) in [7, 11) is 1.67. The van der Waals surface area contributed by atoms with Crippen molar-refractivity contribution in [3.63, 3.8) is 0 Å². The van der Waals surface area contributed by atoms with E-state index >= 15 is 0 Å². The third-order valence-corrected chi connectivity index (χ3v) is 6.43. The van der Waals surface area contributed by atoms with Gasteiger partial charge < -0.3 is 15.4 Å². The molecule has 1 aromatic heterocycles. The van der Waals surface area contributed by atoms with Gasteiger partial charge in [-0.05, 0) is 43.7 Å². The number of amides is 3. The van der Waals surface area contributed by atoms with E-state index in [1.807, 2.05) is 26.0 Å². The molecule has 178 valence electrons. The molecule has 0 bridgehead atoms. The largest absolute Gasteiger partial charge is 0.497 e. The first-order valence-corrected chi connectivity index (χ1v) is 12.0. The number of rotatable bonds is 7. The average molecular weight is 480 g/mol. The first-order chi connectivity index (χ1) is 16.4. The number of fused-ring (bicyclic) bond motifs is 1. The number of benzene rings is 2. The van der Waals surface area contributed by atoms with Crippen molar-refractivity contribution in [1.82, 2.24) is 15.2 Å². The van der Waals surface area contributed by atoms with Gasteiger partial charge in [-0.1, -0.05) is 24.3 Å². The highest BCUT2D eigenvalue weighted by molar-refractivity contribution is 7.15. The number of hydrogen-bond donors (Lipinski definition) is 3. The summed E-state index contributed by atoms with van der Waals surface area (Å²) in [5, 5.41) is 9.01. The Morgan fingerprint density at radius 2 is 1.88 bits per heavy atom. The molecular weight excluding hydrogens is 450 g/mol. The molecule has 34 heavy (non-hydrogen) atoms. The number of ether oxygens (including phenoxy) is 1. The van der Waals surface area contributed by atoms with Gasteiger partial charge in [0.05, 0.1) is 24.1 Å². The van der Waals surface area contributed by atoms with Crippen LogP contribution in [0, 0.1) is 0 Å². The predicted molar refractivity (Wildman–Crippen MR) is 135 cm³/mol. The second-order valence-corrected chi connectivity index (χ2v) is 9.53. The minimum absolute atomic E-state index is 0.000284. The molecule has 1 aliphatic rings. The van der Waals surface area contributed by atoms with Gasteiger partial charge in [-0.15, -0.1) is 11.3 Å². The maximum atomic E-state index is 12.6. The Morgan fingerprint density at radius 3 is 2.62 bits per heavy atom. The van der Waals surface area contributed by atoms with E-state index in [1.54, 1.807) is 31.4 Å². The van der Waals surface area contributed by atoms with Crippen molar-refractivity contribution in [1.29, 1.82) is 0 Å². The predicted octanol–water partition coefficient (Wildman–Crippen LogP) is 4.49. The maximum Gasteiger partial charge on any atom is 0.325 e. The quantitative estimate of drug-likeness (QED) is 0.464. The van der Waals surface area contributed by atoms with E-state index < -0.39 is 6.03 Å². The van der Waals surface area contributed by atoms with Crippen molar-refractivity contribution in [3.8, 4) is 5.75 Å². The average Bonchev–Trinajstić information content (AvgIpc) is 3.20. The molecule has 3 amide bonds. The molecule has 0 saturated heterocycles. The van der Waals surface area contributed by atoms with Crippen LogP contribution in [0.3, 0.4) is 0 Å². The number of carbonyl (C=O) groups excluding carboxylic acids is 2. The van der Waals surface area contributed by atoms with Crippen molar-refractivity contribution in [2.24, 2.45) is 0 Å². The third-order valence-electron chi connectivity index (χ3n) is 5.44. The van der Waals surface area contributed by atoms with Crippen LogP contribution in [0.1, 0.15) is 40.3 Å². The van der Waals surface area contributed by atoms with Crippen molar-refractivity contribution in [2.75, 3.05) is 24.3 Å². The van der Waals surface area contributed by atoms with E-state index in [4.69, 9.17) is 4.74 Å². The van der Waals surface area contributed by atoms with Crippen LogP contribution < -0.4 is 20.7 Å². The molecule has 4 rings (SSSR count). The Bertz CT molecular complexity index is 1160. The number of thiazole rings is 1. The van der Waals surface area contributed by atoms with E-state index in [2.05, 4.69) is 38.0 Å². The Morgan fingerprint density at radius 1 is 1.12 bits per heavy atom. The van der Waals surface area contributed by atoms with Crippen LogP contribution in [0.15, 0.2) is 48.5 Å². The van der Waals surface area contributed by atoms with Crippen LogP contribution in [0.4, 0.5) is 15.6 Å². The number of nitrogens with one attached hydrogen (secondary N) is 3. The molecule has 9 heteroatoms. The van der Waals surface area contributed by atoms with Gasteiger partial charge in [0.15, 0.2) is 5.13 Å². The lowest BCUT2D eigenvalue weighted by Gasteiger charge is -2.25. The van der Waals surface area contributed by atoms with Crippen LogP contribution in [0.2, 0.25) is 0 Å². The summed E-state index contributed by atoms with van der Waals surface area (Å²) in [5.41, 5.74) is 3.12. The topological polar surface area (TPSA) is 95.6 Å². The number of urea groups is 1. The first-order valence-electron chi connectivity index (χ1n) is 11.2. The molecule has 1 aliphatic heterocycles. The SMILES string of the molecule is COc1ccc(CN2CCc3nc(NC(=O)Nc4ccccc4C(=O)NC(C)C)sc3C2)cc1. The van der Waals surface area contributed by atoms with Crippen molar-refractivity contribution >= 4 is 34.1 Å². The van der Waals surface area contributed by atoms with Gasteiger partial charge in [0, 0.05) is 37.0 Å². The molecule has 0 fully saturated rings. The minimum atomic E-state index is -0.425. The van der Waals surface area contributed by atoms with Gasteiger partial charge in [0.25, 0.3) is 5.91 Å². The number of hydrogen-bond acceptors (Lipinski definition) is 6. The maximum absolute atomic E-state index is 12.6. The van der Waals surface area contributed by atoms with Gasteiger partial charge in [-0.3, -0.25) is 15.0 Å². The zero-order chi connectivity index (χ0) is 24.1. The molecular formula is C25H29N5O3S. The number of carbonyl (C=O) groups is 2. The van der Waals surface area contributed by atoms with Crippen molar-refractivity contribution in [3.05, 3.63) is 70.2 Å². The second-order valence-electron chi connectivity index (χ2n) is 8.45. The molecule has 3 N–H and O–H groups in total.